The Kier molecular flexibility index (Phi) is 4.63. The van der Waals surface area contributed by atoms with Crippen molar-refractivity contribution >= 4 is 6.01 Å². The van der Waals surface area contributed by atoms with Crippen LogP contribution in [0.1, 0.15) is 39.2 Å². The summed E-state index contributed by atoms with van der Waals surface area (Å²) in [5.41, 5.74) is 7.15. The fraction of sp³-hybridized carbons (Fsp3) is 0.417. The number of nitrogens with two attached hydrogens (primary N) is 1. The van der Waals surface area contributed by atoms with Gasteiger partial charge in [-0.2, -0.15) is 0 Å². The van der Waals surface area contributed by atoms with Gasteiger partial charge in [0.1, 0.15) is 5.69 Å². The van der Waals surface area contributed by atoms with Gasteiger partial charge in [0.15, 0.2) is 0 Å². The summed E-state index contributed by atoms with van der Waals surface area (Å²) in [4.78, 5) is 4.23. The van der Waals surface area contributed by atoms with Crippen molar-refractivity contribution in [3.05, 3.63) is 23.9 Å². The zero-order valence-electron chi connectivity index (χ0n) is 10.6. The van der Waals surface area contributed by atoms with Gasteiger partial charge >= 0.3 is 6.01 Å². The summed E-state index contributed by atoms with van der Waals surface area (Å²) < 4.78 is 5.15. The molecule has 2 aromatic rings. The number of pyridine rings is 1. The molecule has 5 nitrogen and oxygen atoms in total. The summed E-state index contributed by atoms with van der Waals surface area (Å²) in [5, 5.41) is 7.44. The van der Waals surface area contributed by atoms with Crippen molar-refractivity contribution in [2.45, 2.75) is 33.6 Å². The molecule has 0 aliphatic rings. The third-order valence-corrected chi connectivity index (χ3v) is 2.10. The molecule has 0 saturated carbocycles. The van der Waals surface area contributed by atoms with Crippen LogP contribution in [0, 0.1) is 0 Å². The van der Waals surface area contributed by atoms with Crippen LogP contribution in [0.3, 0.4) is 0 Å². The van der Waals surface area contributed by atoms with Gasteiger partial charge in [0.05, 0.1) is 0 Å². The summed E-state index contributed by atoms with van der Waals surface area (Å²) in [6, 6.07) is 3.94. The first-order chi connectivity index (χ1) is 8.18. The van der Waals surface area contributed by atoms with Gasteiger partial charge in [-0.25, -0.2) is 0 Å². The largest absolute Gasteiger partial charge is 0.402 e. The van der Waals surface area contributed by atoms with Crippen molar-refractivity contribution in [2.24, 2.45) is 0 Å². The van der Waals surface area contributed by atoms with E-state index in [-0.39, 0.29) is 6.01 Å². The van der Waals surface area contributed by atoms with Crippen LogP contribution in [0.15, 0.2) is 22.7 Å². The number of rotatable bonds is 2. The molecule has 0 aliphatic heterocycles. The molecule has 5 heteroatoms. The average molecular weight is 234 g/mol. The van der Waals surface area contributed by atoms with Crippen molar-refractivity contribution in [1.29, 1.82) is 0 Å². The van der Waals surface area contributed by atoms with Gasteiger partial charge in [0, 0.05) is 6.20 Å². The van der Waals surface area contributed by atoms with Gasteiger partial charge in [-0.05, 0) is 17.5 Å². The number of nitrogens with zero attached hydrogens (tertiary/aromatic N) is 3. The first-order valence-corrected chi connectivity index (χ1v) is 5.72. The van der Waals surface area contributed by atoms with Crippen LogP contribution in [0.2, 0.25) is 0 Å². The van der Waals surface area contributed by atoms with Crippen molar-refractivity contribution in [1.82, 2.24) is 15.2 Å². The minimum Gasteiger partial charge on any atom is -0.402 e. The van der Waals surface area contributed by atoms with Crippen molar-refractivity contribution in [3.63, 3.8) is 0 Å². The monoisotopic (exact) mass is 234 g/mol. The fourth-order valence-corrected chi connectivity index (χ4v) is 1.39. The predicted molar refractivity (Wildman–Crippen MR) is 67.4 cm³/mol. The maximum Gasteiger partial charge on any atom is 0.313 e. The highest BCUT2D eigenvalue weighted by molar-refractivity contribution is 5.53. The predicted octanol–water partition coefficient (Wildman–Crippen LogP) is 2.86. The summed E-state index contributed by atoms with van der Waals surface area (Å²) in [7, 11) is 0. The SMILES string of the molecule is CC.CC(C)c1cccnc1-c1nnc(N)o1. The summed E-state index contributed by atoms with van der Waals surface area (Å²) in [5.74, 6) is 0.721. The van der Waals surface area contributed by atoms with Crippen LogP contribution in [0.25, 0.3) is 11.6 Å². The Hall–Kier alpha value is -1.91. The second-order valence-electron chi connectivity index (χ2n) is 3.54. The second kappa shape index (κ2) is 5.98. The quantitative estimate of drug-likeness (QED) is 0.864. The molecule has 0 aromatic carbocycles. The van der Waals surface area contributed by atoms with E-state index in [9.17, 15) is 0 Å². The van der Waals surface area contributed by atoms with Gasteiger partial charge in [-0.1, -0.05) is 38.9 Å². The standard InChI is InChI=1S/C10H12N4O.C2H6/c1-6(2)7-4-3-5-12-8(7)9-13-14-10(11)15-9;1-2/h3-6H,1-2H3,(H2,11,14);1-2H3. The molecule has 0 aliphatic carbocycles. The molecule has 0 spiro atoms. The normalized spacial score (nSPS) is 9.94. The molecule has 0 bridgehead atoms. The molecular weight excluding hydrogens is 216 g/mol. The van der Waals surface area contributed by atoms with E-state index in [0.717, 1.165) is 5.56 Å². The van der Waals surface area contributed by atoms with E-state index in [4.69, 9.17) is 10.2 Å². The van der Waals surface area contributed by atoms with Crippen molar-refractivity contribution < 1.29 is 4.42 Å². The molecule has 2 heterocycles. The molecule has 2 N–H and O–H groups in total. The molecule has 0 radical (unpaired) electrons. The number of aromatic nitrogens is 3. The Morgan fingerprint density at radius 3 is 2.47 bits per heavy atom. The van der Waals surface area contributed by atoms with Crippen LogP contribution in [-0.4, -0.2) is 15.2 Å². The third kappa shape index (κ3) is 3.03. The number of hydrogen-bond donors (Lipinski definition) is 1. The highest BCUT2D eigenvalue weighted by Gasteiger charge is 2.14. The van der Waals surface area contributed by atoms with Crippen LogP contribution >= 0.6 is 0 Å². The fourth-order valence-electron chi connectivity index (χ4n) is 1.39. The maximum absolute atomic E-state index is 5.37. The Balaban J connectivity index is 0.000000686. The topological polar surface area (TPSA) is 77.8 Å². The van der Waals surface area contributed by atoms with E-state index >= 15 is 0 Å². The number of hydrogen-bond acceptors (Lipinski definition) is 5. The second-order valence-corrected chi connectivity index (χ2v) is 3.54. The first kappa shape index (κ1) is 13.2. The molecule has 17 heavy (non-hydrogen) atoms. The third-order valence-electron chi connectivity index (χ3n) is 2.10. The lowest BCUT2D eigenvalue weighted by molar-refractivity contribution is 0.586. The Morgan fingerprint density at radius 2 is 1.94 bits per heavy atom. The van der Waals surface area contributed by atoms with E-state index in [2.05, 4.69) is 29.0 Å². The summed E-state index contributed by atoms with van der Waals surface area (Å²) >= 11 is 0. The van der Waals surface area contributed by atoms with Crippen LogP contribution in [0.4, 0.5) is 6.01 Å². The van der Waals surface area contributed by atoms with Gasteiger partial charge in [-0.3, -0.25) is 4.98 Å². The zero-order valence-corrected chi connectivity index (χ0v) is 10.6. The Labute approximate surface area is 101 Å². The highest BCUT2D eigenvalue weighted by atomic mass is 16.4. The molecule has 0 amide bonds. The van der Waals surface area contributed by atoms with E-state index in [0.29, 0.717) is 17.5 Å². The maximum atomic E-state index is 5.37. The number of nitrogen functional groups attached to an aromatic ring is 1. The minimum atomic E-state index is 0.0605. The summed E-state index contributed by atoms with van der Waals surface area (Å²) in [6.07, 6.45) is 1.70. The zero-order chi connectivity index (χ0) is 12.8. The Morgan fingerprint density at radius 1 is 1.24 bits per heavy atom. The van der Waals surface area contributed by atoms with Crippen molar-refractivity contribution in [2.75, 3.05) is 5.73 Å². The molecular formula is C12H18N4O. The minimum absolute atomic E-state index is 0.0605. The molecule has 0 saturated heterocycles. The van der Waals surface area contributed by atoms with Crippen LogP contribution in [0.5, 0.6) is 0 Å². The van der Waals surface area contributed by atoms with Gasteiger partial charge in [-0.15, -0.1) is 5.10 Å². The van der Waals surface area contributed by atoms with Gasteiger partial charge in [0.2, 0.25) is 0 Å². The Bertz CT molecular complexity index is 465. The van der Waals surface area contributed by atoms with E-state index in [1.54, 1.807) is 6.20 Å². The lowest BCUT2D eigenvalue weighted by Crippen LogP contribution is -1.95. The van der Waals surface area contributed by atoms with Gasteiger partial charge in [0.25, 0.3) is 5.89 Å². The smallest absolute Gasteiger partial charge is 0.313 e. The number of anilines is 1. The molecule has 0 atom stereocenters. The van der Waals surface area contributed by atoms with Crippen LogP contribution < -0.4 is 5.73 Å². The lowest BCUT2D eigenvalue weighted by Gasteiger charge is -2.07. The van der Waals surface area contributed by atoms with Crippen LogP contribution in [-0.2, 0) is 0 Å². The molecule has 92 valence electrons. The average Bonchev–Trinajstić information content (AvgIpc) is 2.78. The lowest BCUT2D eigenvalue weighted by atomic mass is 10.0. The molecule has 2 aromatic heterocycles. The van der Waals surface area contributed by atoms with Crippen molar-refractivity contribution in [3.8, 4) is 11.6 Å². The molecule has 0 unspecified atom stereocenters. The highest BCUT2D eigenvalue weighted by Crippen LogP contribution is 2.25. The van der Waals surface area contributed by atoms with E-state index in [1.807, 2.05) is 26.0 Å². The van der Waals surface area contributed by atoms with E-state index < -0.39 is 0 Å². The first-order valence-electron chi connectivity index (χ1n) is 5.72. The molecule has 2 rings (SSSR count). The summed E-state index contributed by atoms with van der Waals surface area (Å²) in [6.45, 7) is 8.17. The van der Waals surface area contributed by atoms with Gasteiger partial charge < -0.3 is 10.2 Å². The molecule has 0 fully saturated rings. The van der Waals surface area contributed by atoms with E-state index in [1.165, 1.54) is 0 Å².